The minimum absolute atomic E-state index is 0.109. The van der Waals surface area contributed by atoms with Crippen LogP contribution in [0.15, 0.2) is 310 Å². The monoisotopic (exact) mass is 1750 g/mol. The number of aromatic nitrogens is 15. The second-order valence-electron chi connectivity index (χ2n) is 33.4. The molecule has 10 aromatic heterocycles. The van der Waals surface area contributed by atoms with Crippen LogP contribution in [0.25, 0.3) is 84.5 Å². The molecule has 0 amide bonds. The number of nitrogens with zero attached hydrogens (tertiary/aromatic N) is 15. The Morgan fingerprint density at radius 1 is 0.273 bits per heavy atom. The van der Waals surface area contributed by atoms with Gasteiger partial charge < -0.3 is 51.1 Å². The van der Waals surface area contributed by atoms with Crippen molar-refractivity contribution in [2.24, 2.45) is 0 Å². The number of aryl methyl sites for hydroxylation is 1. The van der Waals surface area contributed by atoms with E-state index < -0.39 is 0 Å². The first-order chi connectivity index (χ1) is 64.2. The van der Waals surface area contributed by atoms with Crippen molar-refractivity contribution in [3.05, 3.63) is 389 Å². The Hall–Kier alpha value is -16.7. The fourth-order valence-corrected chi connectivity index (χ4v) is 16.4. The van der Waals surface area contributed by atoms with Crippen LogP contribution in [0.2, 0.25) is 0 Å². The van der Waals surface area contributed by atoms with Gasteiger partial charge in [0.05, 0.1) is 57.4 Å². The van der Waals surface area contributed by atoms with Crippen LogP contribution in [0.5, 0.6) is 58.1 Å². The third-order valence-electron chi connectivity index (χ3n) is 23.5. The van der Waals surface area contributed by atoms with Crippen LogP contribution < -0.4 is 0 Å². The maximum absolute atomic E-state index is 11.0. The van der Waals surface area contributed by atoms with Gasteiger partial charge in [-0.2, -0.15) is 0 Å². The highest BCUT2D eigenvalue weighted by Crippen LogP contribution is 2.44. The van der Waals surface area contributed by atoms with Gasteiger partial charge in [-0.15, -0.1) is 0 Å². The van der Waals surface area contributed by atoms with Crippen LogP contribution >= 0.6 is 0 Å². The topological polar surface area (TPSA) is 353 Å². The summed E-state index contributed by atoms with van der Waals surface area (Å²) in [6, 6.07) is 84.3. The van der Waals surface area contributed by atoms with Crippen molar-refractivity contribution in [1.29, 1.82) is 0 Å². The summed E-state index contributed by atoms with van der Waals surface area (Å²) >= 11 is 0. The molecule has 0 saturated heterocycles. The molecule has 2 aliphatic rings. The number of fused-ring (bicyclic) bond motifs is 5. The highest BCUT2D eigenvalue weighted by Gasteiger charge is 2.32. The lowest BCUT2D eigenvalue weighted by molar-refractivity contribution is 0.441. The number of phenols is 5. The van der Waals surface area contributed by atoms with Crippen LogP contribution in [-0.2, 0) is 32.1 Å². The van der Waals surface area contributed by atoms with Crippen molar-refractivity contribution in [1.82, 2.24) is 71.8 Å². The Bertz CT molecular complexity index is 7260. The lowest BCUT2D eigenvalue weighted by Gasteiger charge is -2.12. The molecule has 25 heteroatoms. The zero-order valence-electron chi connectivity index (χ0n) is 72.6. The van der Waals surface area contributed by atoms with Gasteiger partial charge in [0.15, 0.2) is 28.2 Å². The van der Waals surface area contributed by atoms with E-state index in [0.29, 0.717) is 89.4 Å². The summed E-state index contributed by atoms with van der Waals surface area (Å²) in [4.78, 5) is 46.9. The largest absolute Gasteiger partial charge is 0.508 e. The van der Waals surface area contributed by atoms with Gasteiger partial charge in [-0.05, 0) is 127 Å². The zero-order chi connectivity index (χ0) is 91.0. The second kappa shape index (κ2) is 38.1. The summed E-state index contributed by atoms with van der Waals surface area (Å²) in [5, 5.41) is 101. The predicted molar refractivity (Wildman–Crippen MR) is 507 cm³/mol. The highest BCUT2D eigenvalue weighted by molar-refractivity contribution is 5.69. The average molecular weight is 1750 g/mol. The Morgan fingerprint density at radius 3 is 0.871 bits per heavy atom. The van der Waals surface area contributed by atoms with E-state index >= 15 is 0 Å². The molecule has 0 unspecified atom stereocenters. The van der Waals surface area contributed by atoms with E-state index in [4.69, 9.17) is 24.9 Å². The van der Waals surface area contributed by atoms with E-state index in [9.17, 15) is 51.1 Å². The van der Waals surface area contributed by atoms with Gasteiger partial charge in [0.25, 0.3) is 0 Å². The first-order valence-corrected chi connectivity index (χ1v) is 43.9. The molecule has 132 heavy (non-hydrogen) atoms. The standard InChI is InChI=1S/C24H23N3O2.C22H19N3O2.C22H21N3O2.C20H17N3O2.C19H15N3O2/c28-19-12-10-16(11-13-19)14-20-24(29)27-15-21(17-6-2-1-3-7-17)25-22(23(27)26-20)18-8-4-5-9-18;26-17-10-6-14(7-11-17)12-18-22(27)25-13-19(15-4-2-1-3-5-15)23-20(16-8-9-16)21(25)24-18;1-14(2)20-21-24-18(12-15-8-10-17(26)11-9-15)22(27)25(21)13-19(23-20)16-6-4-3-5-7-16;1-13-19-22-17(11-14-7-9-16(24)10-8-14)20(25)23(19)12-18(21-13)15-5-3-2-4-6-15;23-15-8-6-13(7-9-15)10-16-19(24)22-12-17(20-11-18(22)21-16)14-4-2-1-3-5-14/h1-3,6-7,10-13,15,18,28-29H,4-5,8-9,14H2;1-7,10-11,13,16,26-27H,8-9,12H2;3-11,13-14,26-27H,12H2,1-2H3;2-10,12,24-25H,11H2,1H3;1-9,11-12,23-24H,10H2. The summed E-state index contributed by atoms with van der Waals surface area (Å²) in [6.07, 6.45) is 20.1. The lowest BCUT2D eigenvalue weighted by atomic mass is 10.0. The van der Waals surface area contributed by atoms with Crippen LogP contribution in [-0.4, -0.2) is 123 Å². The normalized spacial score (nSPS) is 12.5. The molecule has 10 aromatic carbocycles. The molecule has 0 spiro atoms. The van der Waals surface area contributed by atoms with E-state index in [1.54, 1.807) is 101 Å². The number of phenolic OH excluding ortho intramolecular Hbond substituents is 5. The predicted octanol–water partition coefficient (Wildman–Crippen LogP) is 21.0. The smallest absolute Gasteiger partial charge is 0.219 e. The molecular formula is C107H95N15O10. The van der Waals surface area contributed by atoms with Gasteiger partial charge in [0.2, 0.25) is 29.4 Å². The van der Waals surface area contributed by atoms with Gasteiger partial charge in [0, 0.05) is 103 Å². The molecule has 0 atom stereocenters. The summed E-state index contributed by atoms with van der Waals surface area (Å²) in [5.74, 6) is 2.73. The Balaban J connectivity index is 0.000000111. The van der Waals surface area contributed by atoms with E-state index in [-0.39, 0.29) is 64.1 Å². The molecule has 0 bridgehead atoms. The van der Waals surface area contributed by atoms with Gasteiger partial charge in [-0.3, -0.25) is 27.0 Å². The molecule has 22 rings (SSSR count). The van der Waals surface area contributed by atoms with Crippen LogP contribution in [0.1, 0.15) is 149 Å². The third kappa shape index (κ3) is 19.3. The maximum Gasteiger partial charge on any atom is 0.219 e. The molecule has 2 aliphatic carbocycles. The summed E-state index contributed by atoms with van der Waals surface area (Å²) in [6.45, 7) is 6.03. The number of rotatable bonds is 18. The first kappa shape index (κ1) is 86.1. The fraction of sp³-hybridized carbons (Fsp3) is 0.159. The average Bonchev–Trinajstić information content (AvgIpc) is 1.61. The molecule has 0 radical (unpaired) electrons. The fourth-order valence-electron chi connectivity index (χ4n) is 16.4. The van der Waals surface area contributed by atoms with Crippen molar-refractivity contribution in [2.75, 3.05) is 0 Å². The molecule has 25 nitrogen and oxygen atoms in total. The van der Waals surface area contributed by atoms with Gasteiger partial charge in [-0.25, -0.2) is 44.9 Å². The van der Waals surface area contributed by atoms with Gasteiger partial charge in [0.1, 0.15) is 57.2 Å². The minimum Gasteiger partial charge on any atom is -0.508 e. The molecule has 2 saturated carbocycles. The number of hydrogen-bond donors (Lipinski definition) is 10. The molecule has 10 heterocycles. The number of hydrogen-bond acceptors (Lipinski definition) is 20. The molecular weight excluding hydrogens is 1660 g/mol. The number of benzene rings is 10. The van der Waals surface area contributed by atoms with E-state index in [1.165, 1.54) is 12.8 Å². The number of imidazole rings is 5. The Kier molecular flexibility index (Phi) is 24.8. The molecule has 2 fully saturated rings. The van der Waals surface area contributed by atoms with Gasteiger partial charge >= 0.3 is 0 Å². The summed E-state index contributed by atoms with van der Waals surface area (Å²) in [7, 11) is 0. The highest BCUT2D eigenvalue weighted by atomic mass is 16.3. The number of aromatic hydroxyl groups is 10. The van der Waals surface area contributed by atoms with Crippen LogP contribution in [0.3, 0.4) is 0 Å². The molecule has 658 valence electrons. The van der Waals surface area contributed by atoms with Crippen LogP contribution in [0, 0.1) is 6.92 Å². The quantitative estimate of drug-likeness (QED) is 0.0381. The van der Waals surface area contributed by atoms with E-state index in [0.717, 1.165) is 144 Å². The zero-order valence-corrected chi connectivity index (χ0v) is 72.6. The maximum atomic E-state index is 11.0. The first-order valence-electron chi connectivity index (χ1n) is 43.9. The van der Waals surface area contributed by atoms with Crippen molar-refractivity contribution in [3.63, 3.8) is 0 Å². The summed E-state index contributed by atoms with van der Waals surface area (Å²) in [5.41, 5.74) is 23.9. The van der Waals surface area contributed by atoms with E-state index in [1.807, 2.05) is 238 Å². The lowest BCUT2D eigenvalue weighted by Crippen LogP contribution is -2.03. The second-order valence-corrected chi connectivity index (χ2v) is 33.4. The van der Waals surface area contributed by atoms with E-state index in [2.05, 4.69) is 38.8 Å². The van der Waals surface area contributed by atoms with Crippen molar-refractivity contribution < 1.29 is 51.1 Å². The minimum atomic E-state index is 0.109. The van der Waals surface area contributed by atoms with Gasteiger partial charge in [-0.1, -0.05) is 239 Å². The SMILES string of the molecule is CC(C)c1nc(-c2ccccc2)cn2c(O)c(Cc3ccc(O)cc3)nc12.Cc1nc(-c2ccccc2)cn2c(O)c(Cc3ccc(O)cc3)nc12.Oc1ccc(Cc2nc3c(C4CC4)nc(-c4ccccc4)cn3c2O)cc1.Oc1ccc(Cc2nc3c(C4CCCC4)nc(-c4ccccc4)cn3c2O)cc1.Oc1ccc(Cc2nc3cnc(-c4ccccc4)cn3c2O)cc1. The third-order valence-corrected chi connectivity index (χ3v) is 23.5. The van der Waals surface area contributed by atoms with Crippen molar-refractivity contribution in [3.8, 4) is 114 Å². The molecule has 0 aliphatic heterocycles. The summed E-state index contributed by atoms with van der Waals surface area (Å²) < 4.78 is 8.60. The molecule has 20 aromatic rings. The van der Waals surface area contributed by atoms with Crippen molar-refractivity contribution in [2.45, 2.75) is 109 Å². The van der Waals surface area contributed by atoms with Crippen LogP contribution in [0.4, 0.5) is 0 Å². The Labute approximate surface area is 759 Å². The molecule has 10 N–H and O–H groups in total. The Morgan fingerprint density at radius 2 is 0.538 bits per heavy atom. The van der Waals surface area contributed by atoms with Crippen molar-refractivity contribution >= 4 is 28.2 Å².